The second-order valence-electron chi connectivity index (χ2n) is 26.4. The number of ether oxygens (including phenoxy) is 4. The molecule has 4 aliphatic heterocycles. The zero-order valence-electron chi connectivity index (χ0n) is 55.2. The van der Waals surface area contributed by atoms with Crippen molar-refractivity contribution in [1.29, 1.82) is 0 Å². The maximum Gasteiger partial charge on any atom is 0.161 e. The van der Waals surface area contributed by atoms with Crippen molar-refractivity contribution in [2.75, 3.05) is 51.8 Å². The molecule has 95 heavy (non-hydrogen) atoms. The van der Waals surface area contributed by atoms with Crippen LogP contribution in [0, 0.1) is 34.6 Å². The number of nitrogens with zero attached hydrogens (tertiary/aromatic N) is 4. The first-order valence-electron chi connectivity index (χ1n) is 32.8. The maximum atomic E-state index is 11.1. The topological polar surface area (TPSA) is 102 Å². The van der Waals surface area contributed by atoms with Gasteiger partial charge in [0, 0.05) is 99.8 Å². The number of aryl methyl sites for hydroxylation is 5. The molecule has 4 aliphatic rings. The van der Waals surface area contributed by atoms with Crippen molar-refractivity contribution >= 4 is 28.4 Å². The van der Waals surface area contributed by atoms with Gasteiger partial charge in [-0.25, -0.2) is 0 Å². The first kappa shape index (κ1) is 61.7. The van der Waals surface area contributed by atoms with Gasteiger partial charge in [0.25, 0.3) is 0 Å². The summed E-state index contributed by atoms with van der Waals surface area (Å²) in [6.45, 7) is 20.7. The molecule has 0 saturated heterocycles. The average molecular weight is 1260 g/mol. The van der Waals surface area contributed by atoms with Gasteiger partial charge in [0.05, 0.1) is 0 Å². The number of fused-ring (bicyclic) bond motifs is 4. The molecule has 4 heterocycles. The van der Waals surface area contributed by atoms with Gasteiger partial charge < -0.3 is 54.1 Å². The molecular weight excluding hydrogens is 1170 g/mol. The van der Waals surface area contributed by atoms with E-state index in [0.29, 0.717) is 33.5 Å². The van der Waals surface area contributed by atoms with Crippen LogP contribution in [0.1, 0.15) is 103 Å². The molecule has 0 amide bonds. The standard InChI is InChI=1S/C46H45N3O3.C38H36N2O3/c1-31-8-5-11-40(20-31)47-26-34-23-37(14-17-43(34)50)46(4,38-15-18-44-35(24-38)27-48(29-51-44)41-12-6-9-32(2)21-41)39-16-19-45-36(25-39)28-49(30-52-45)42-13-7-10-33(3)22-42;1-26-6-4-8-33(18-26)39-22-28-20-31(12-16-36(28)42-24-39)38(3,30-10-14-35(41)15-11-30)32-13-17-37-29(21-32)23-40(25-43-37)34-9-5-7-27(2)19-34/h5-25,47,50H,26-30H2,1-4H3;4-21,41H,22-25H2,1-3H3. The van der Waals surface area contributed by atoms with Crippen LogP contribution in [0.3, 0.4) is 0 Å². The van der Waals surface area contributed by atoms with Crippen molar-refractivity contribution in [3.63, 3.8) is 0 Å². The summed E-state index contributed by atoms with van der Waals surface area (Å²) in [6, 6.07) is 82.7. The average Bonchev–Trinajstić information content (AvgIpc) is 0.785. The third kappa shape index (κ3) is 12.8. The number of hydrogen-bond donors (Lipinski definition) is 3. The fraction of sp³-hybridized carbons (Fsp3) is 0.214. The minimum absolute atomic E-state index is 0.256. The Bertz CT molecular complexity index is 4430. The summed E-state index contributed by atoms with van der Waals surface area (Å²) in [7, 11) is 0. The second kappa shape index (κ2) is 26.0. The lowest BCUT2D eigenvalue weighted by molar-refractivity contribution is 0.288. The predicted molar refractivity (Wildman–Crippen MR) is 383 cm³/mol. The van der Waals surface area contributed by atoms with Crippen LogP contribution in [0.5, 0.6) is 34.5 Å². The Morgan fingerprint density at radius 1 is 0.337 bits per heavy atom. The molecule has 0 spiro atoms. The maximum absolute atomic E-state index is 11.1. The molecule has 15 rings (SSSR count). The Balaban J connectivity index is 0.000000167. The fourth-order valence-corrected chi connectivity index (χ4v) is 14.0. The van der Waals surface area contributed by atoms with E-state index in [4.69, 9.17) is 18.9 Å². The fourth-order valence-electron chi connectivity index (χ4n) is 14.0. The van der Waals surface area contributed by atoms with E-state index in [1.54, 1.807) is 12.1 Å². The van der Waals surface area contributed by atoms with Gasteiger partial charge in [-0.15, -0.1) is 0 Å². The van der Waals surface area contributed by atoms with Crippen LogP contribution in [0.25, 0.3) is 0 Å². The smallest absolute Gasteiger partial charge is 0.161 e. The molecule has 11 heteroatoms. The van der Waals surface area contributed by atoms with E-state index in [-0.39, 0.29) is 11.5 Å². The number of anilines is 5. The van der Waals surface area contributed by atoms with Crippen LogP contribution in [-0.4, -0.2) is 37.1 Å². The SMILES string of the molecule is Cc1cccc(N2COc3ccc(C(C)(c4ccc(O)cc4)c4ccc5c(c4)CN(c4cccc(C)c4)CO5)cc3C2)c1.Cc1cccc(NCc2cc(C(C)(c3ccc4c(c3)CN(c3cccc(C)c3)CO4)c3ccc4c(c3)CN(c3cccc(C)c3)CO4)ccc2O)c1. The zero-order valence-corrected chi connectivity index (χ0v) is 55.2. The third-order valence-corrected chi connectivity index (χ3v) is 19.6. The lowest BCUT2D eigenvalue weighted by atomic mass is 9.70. The predicted octanol–water partition coefficient (Wildman–Crippen LogP) is 18.1. The Morgan fingerprint density at radius 2 is 0.642 bits per heavy atom. The molecule has 0 unspecified atom stereocenters. The highest BCUT2D eigenvalue weighted by Gasteiger charge is 2.37. The van der Waals surface area contributed by atoms with Crippen molar-refractivity contribution in [2.24, 2.45) is 0 Å². The summed E-state index contributed by atoms with van der Waals surface area (Å²) in [6.07, 6.45) is 0. The minimum Gasteiger partial charge on any atom is -0.508 e. The molecule has 0 fully saturated rings. The Hall–Kier alpha value is -10.8. The molecule has 478 valence electrons. The van der Waals surface area contributed by atoms with Gasteiger partial charge in [-0.05, 0) is 243 Å². The molecule has 11 nitrogen and oxygen atoms in total. The molecule has 11 aromatic rings. The largest absolute Gasteiger partial charge is 0.508 e. The number of hydrogen-bond acceptors (Lipinski definition) is 11. The van der Waals surface area contributed by atoms with E-state index in [9.17, 15) is 10.2 Å². The zero-order chi connectivity index (χ0) is 65.4. The van der Waals surface area contributed by atoms with Gasteiger partial charge in [-0.3, -0.25) is 0 Å². The first-order valence-corrected chi connectivity index (χ1v) is 32.8. The summed E-state index contributed by atoms with van der Waals surface area (Å²) >= 11 is 0. The van der Waals surface area contributed by atoms with E-state index in [1.807, 2.05) is 24.3 Å². The van der Waals surface area contributed by atoms with Gasteiger partial charge in [-0.1, -0.05) is 103 Å². The van der Waals surface area contributed by atoms with Crippen LogP contribution in [0.2, 0.25) is 0 Å². The van der Waals surface area contributed by atoms with Gasteiger partial charge in [0.2, 0.25) is 0 Å². The van der Waals surface area contributed by atoms with E-state index in [0.717, 1.165) is 128 Å². The van der Waals surface area contributed by atoms with E-state index >= 15 is 0 Å². The van der Waals surface area contributed by atoms with Gasteiger partial charge >= 0.3 is 0 Å². The molecule has 3 N–H and O–H groups in total. The Labute approximate surface area is 558 Å². The van der Waals surface area contributed by atoms with E-state index < -0.39 is 10.8 Å². The monoisotopic (exact) mass is 1260 g/mol. The van der Waals surface area contributed by atoms with Crippen LogP contribution < -0.4 is 43.9 Å². The molecule has 0 aromatic heterocycles. The summed E-state index contributed by atoms with van der Waals surface area (Å²) in [4.78, 5) is 9.10. The number of benzene rings is 11. The quantitative estimate of drug-likeness (QED) is 0.0962. The van der Waals surface area contributed by atoms with Gasteiger partial charge in [0.1, 0.15) is 34.5 Å². The molecule has 0 aliphatic carbocycles. The molecule has 0 radical (unpaired) electrons. The van der Waals surface area contributed by atoms with Gasteiger partial charge in [0.15, 0.2) is 26.9 Å². The Kier molecular flexibility index (Phi) is 16.9. The summed E-state index contributed by atoms with van der Waals surface area (Å²) in [5.74, 6) is 4.20. The molecular formula is C84H81N5O6. The van der Waals surface area contributed by atoms with Crippen LogP contribution in [-0.2, 0) is 43.6 Å². The Morgan fingerprint density at radius 3 is 0.989 bits per heavy atom. The second-order valence-corrected chi connectivity index (χ2v) is 26.4. The van der Waals surface area contributed by atoms with Crippen molar-refractivity contribution in [2.45, 2.75) is 92.0 Å². The van der Waals surface area contributed by atoms with E-state index in [1.165, 1.54) is 38.9 Å². The van der Waals surface area contributed by atoms with E-state index in [2.05, 4.69) is 274 Å². The number of phenols is 2. The molecule has 0 saturated carbocycles. The highest BCUT2D eigenvalue weighted by Crippen LogP contribution is 2.47. The summed E-state index contributed by atoms with van der Waals surface area (Å²) < 4.78 is 25.1. The lowest BCUT2D eigenvalue weighted by Gasteiger charge is -2.37. The van der Waals surface area contributed by atoms with Gasteiger partial charge in [-0.2, -0.15) is 0 Å². The number of rotatable bonds is 13. The van der Waals surface area contributed by atoms with Crippen molar-refractivity contribution in [1.82, 2.24) is 0 Å². The van der Waals surface area contributed by atoms with Crippen molar-refractivity contribution < 1.29 is 29.2 Å². The van der Waals surface area contributed by atoms with Crippen LogP contribution >= 0.6 is 0 Å². The third-order valence-electron chi connectivity index (χ3n) is 19.6. The van der Waals surface area contributed by atoms with Crippen LogP contribution in [0.15, 0.2) is 237 Å². The number of phenolic OH excluding ortho intramolecular Hbond substituents is 2. The minimum atomic E-state index is -0.576. The summed E-state index contributed by atoms with van der Waals surface area (Å²) in [5, 5.41) is 24.8. The first-order chi connectivity index (χ1) is 46.1. The normalized spacial score (nSPS) is 14.1. The molecule has 0 bridgehead atoms. The number of nitrogens with one attached hydrogen (secondary N) is 1. The van der Waals surface area contributed by atoms with Crippen molar-refractivity contribution in [3.8, 4) is 34.5 Å². The lowest BCUT2D eigenvalue weighted by Crippen LogP contribution is -2.33. The van der Waals surface area contributed by atoms with Crippen LogP contribution in [0.4, 0.5) is 28.4 Å². The molecule has 11 aromatic carbocycles. The van der Waals surface area contributed by atoms with Crippen molar-refractivity contribution in [3.05, 3.63) is 326 Å². The highest BCUT2D eigenvalue weighted by molar-refractivity contribution is 5.63. The summed E-state index contributed by atoms with van der Waals surface area (Å²) in [5.41, 5.74) is 22.9. The molecule has 0 atom stereocenters. The highest BCUT2D eigenvalue weighted by atomic mass is 16.5. The number of aromatic hydroxyl groups is 2.